The van der Waals surface area contributed by atoms with Crippen molar-refractivity contribution in [3.05, 3.63) is 21.3 Å². The van der Waals surface area contributed by atoms with Crippen LogP contribution < -0.4 is 0 Å². The third-order valence-corrected chi connectivity index (χ3v) is 4.42. The first kappa shape index (κ1) is 12.4. The van der Waals surface area contributed by atoms with Gasteiger partial charge in [-0.1, -0.05) is 18.0 Å². The zero-order chi connectivity index (χ0) is 11.5. The molecule has 0 radical (unpaired) electrons. The van der Waals surface area contributed by atoms with Crippen molar-refractivity contribution >= 4 is 22.9 Å². The number of rotatable bonds is 3. The number of hydrogen-bond donors (Lipinski definition) is 1. The van der Waals surface area contributed by atoms with Crippen molar-refractivity contribution in [1.29, 1.82) is 0 Å². The molecule has 1 aliphatic heterocycles. The second-order valence-electron chi connectivity index (χ2n) is 4.48. The Hall–Kier alpha value is -0.0900. The van der Waals surface area contributed by atoms with E-state index in [-0.39, 0.29) is 6.10 Å². The van der Waals surface area contributed by atoms with Crippen molar-refractivity contribution in [2.45, 2.75) is 44.9 Å². The lowest BCUT2D eigenvalue weighted by molar-refractivity contribution is 0.0322. The smallest absolute Gasteiger partial charge is 0.0931 e. The van der Waals surface area contributed by atoms with Crippen molar-refractivity contribution in [1.82, 2.24) is 4.90 Å². The number of hydrogen-bond acceptors (Lipinski definition) is 3. The molecule has 0 aliphatic carbocycles. The molecule has 2 rings (SSSR count). The first-order chi connectivity index (χ1) is 7.66. The van der Waals surface area contributed by atoms with Crippen LogP contribution in [-0.2, 0) is 6.54 Å². The van der Waals surface area contributed by atoms with E-state index in [2.05, 4.69) is 11.0 Å². The molecule has 2 nitrogen and oxygen atoms in total. The van der Waals surface area contributed by atoms with Crippen molar-refractivity contribution in [3.63, 3.8) is 0 Å². The Labute approximate surface area is 106 Å². The molecule has 1 N–H and O–H groups in total. The third-order valence-electron chi connectivity index (χ3n) is 3.21. The Bertz CT molecular complexity index is 340. The molecule has 1 aliphatic rings. The Morgan fingerprint density at radius 1 is 1.56 bits per heavy atom. The van der Waals surface area contributed by atoms with Crippen LogP contribution in [0.3, 0.4) is 0 Å². The van der Waals surface area contributed by atoms with Gasteiger partial charge >= 0.3 is 0 Å². The van der Waals surface area contributed by atoms with E-state index in [0.29, 0.717) is 6.04 Å². The van der Waals surface area contributed by atoms with Gasteiger partial charge in [0.1, 0.15) is 0 Å². The van der Waals surface area contributed by atoms with E-state index in [1.807, 2.05) is 13.0 Å². The first-order valence-electron chi connectivity index (χ1n) is 5.83. The predicted molar refractivity (Wildman–Crippen MR) is 69.1 cm³/mol. The second kappa shape index (κ2) is 5.50. The van der Waals surface area contributed by atoms with Crippen molar-refractivity contribution in [3.8, 4) is 0 Å². The monoisotopic (exact) mass is 259 g/mol. The minimum absolute atomic E-state index is 0.240. The third kappa shape index (κ3) is 2.98. The second-order valence-corrected chi connectivity index (χ2v) is 6.28. The maximum absolute atomic E-state index is 9.77. The Morgan fingerprint density at radius 2 is 2.38 bits per heavy atom. The summed E-state index contributed by atoms with van der Waals surface area (Å²) >= 11 is 7.56. The molecule has 2 heterocycles. The quantitative estimate of drug-likeness (QED) is 0.902. The largest absolute Gasteiger partial charge is 0.392 e. The van der Waals surface area contributed by atoms with Gasteiger partial charge in [-0.15, -0.1) is 11.3 Å². The van der Waals surface area contributed by atoms with Crippen molar-refractivity contribution < 1.29 is 5.11 Å². The highest BCUT2D eigenvalue weighted by molar-refractivity contribution is 7.16. The molecule has 1 fully saturated rings. The summed E-state index contributed by atoms with van der Waals surface area (Å²) < 4.78 is 0.848. The zero-order valence-electron chi connectivity index (χ0n) is 9.53. The topological polar surface area (TPSA) is 23.5 Å². The minimum atomic E-state index is -0.240. The van der Waals surface area contributed by atoms with Gasteiger partial charge in [0.05, 0.1) is 10.4 Å². The average Bonchev–Trinajstić information content (AvgIpc) is 2.64. The van der Waals surface area contributed by atoms with Crippen LogP contribution in [0.5, 0.6) is 0 Å². The predicted octanol–water partition coefficient (Wildman–Crippen LogP) is 3.14. The van der Waals surface area contributed by atoms with Gasteiger partial charge in [0.25, 0.3) is 0 Å². The maximum atomic E-state index is 9.77. The molecule has 0 amide bonds. The van der Waals surface area contributed by atoms with E-state index in [9.17, 15) is 5.11 Å². The Kier molecular flexibility index (Phi) is 4.25. The standard InChI is InChI=1S/C12H18ClNOS/c1-9(15)11-4-2-3-7-14(11)8-10-5-6-12(13)16-10/h5-6,9,11,15H,2-4,7-8H2,1H3. The minimum Gasteiger partial charge on any atom is -0.392 e. The molecule has 0 bridgehead atoms. The summed E-state index contributed by atoms with van der Waals surface area (Å²) in [7, 11) is 0. The van der Waals surface area contributed by atoms with Crippen LogP contribution in [-0.4, -0.2) is 28.7 Å². The van der Waals surface area contributed by atoms with E-state index < -0.39 is 0 Å². The summed E-state index contributed by atoms with van der Waals surface area (Å²) in [6, 6.07) is 4.35. The normalized spacial score (nSPS) is 24.6. The highest BCUT2D eigenvalue weighted by Gasteiger charge is 2.26. The first-order valence-corrected chi connectivity index (χ1v) is 7.02. The summed E-state index contributed by atoms with van der Waals surface area (Å²) in [5, 5.41) is 9.77. The molecule has 2 unspecified atom stereocenters. The lowest BCUT2D eigenvalue weighted by atomic mass is 9.98. The van der Waals surface area contributed by atoms with Gasteiger partial charge in [-0.25, -0.2) is 0 Å². The van der Waals surface area contributed by atoms with E-state index in [1.54, 1.807) is 11.3 Å². The highest BCUT2D eigenvalue weighted by atomic mass is 35.5. The number of aliphatic hydroxyl groups excluding tert-OH is 1. The maximum Gasteiger partial charge on any atom is 0.0931 e. The molecule has 4 heteroatoms. The molecule has 0 saturated carbocycles. The number of halogens is 1. The SMILES string of the molecule is CC(O)C1CCCCN1Cc1ccc(Cl)s1. The molecule has 1 aromatic rings. The fraction of sp³-hybridized carbons (Fsp3) is 0.667. The van der Waals surface area contributed by atoms with Crippen LogP contribution in [0.1, 0.15) is 31.1 Å². The lowest BCUT2D eigenvalue weighted by Crippen LogP contribution is -2.45. The van der Waals surface area contributed by atoms with Crippen LogP contribution >= 0.6 is 22.9 Å². The van der Waals surface area contributed by atoms with Crippen LogP contribution in [0, 0.1) is 0 Å². The van der Waals surface area contributed by atoms with Crippen LogP contribution in [0.2, 0.25) is 4.34 Å². The Morgan fingerprint density at radius 3 is 3.00 bits per heavy atom. The van der Waals surface area contributed by atoms with Crippen LogP contribution in [0.4, 0.5) is 0 Å². The number of nitrogens with zero attached hydrogens (tertiary/aromatic N) is 1. The summed E-state index contributed by atoms with van der Waals surface area (Å²) in [5.74, 6) is 0. The number of piperidine rings is 1. The van der Waals surface area contributed by atoms with Gasteiger partial charge < -0.3 is 5.11 Å². The molecule has 90 valence electrons. The van der Waals surface area contributed by atoms with Gasteiger partial charge in [0.15, 0.2) is 0 Å². The molecule has 2 atom stereocenters. The molecular weight excluding hydrogens is 242 g/mol. The summed E-state index contributed by atoms with van der Waals surface area (Å²) in [5.41, 5.74) is 0. The lowest BCUT2D eigenvalue weighted by Gasteiger charge is -2.37. The highest BCUT2D eigenvalue weighted by Crippen LogP contribution is 2.26. The van der Waals surface area contributed by atoms with Crippen molar-refractivity contribution in [2.75, 3.05) is 6.54 Å². The van der Waals surface area contributed by atoms with Gasteiger partial charge in [0.2, 0.25) is 0 Å². The molecule has 1 saturated heterocycles. The summed E-state index contributed by atoms with van der Waals surface area (Å²) in [4.78, 5) is 3.67. The van der Waals surface area contributed by atoms with Crippen LogP contribution in [0.15, 0.2) is 12.1 Å². The van der Waals surface area contributed by atoms with E-state index in [1.165, 1.54) is 17.7 Å². The van der Waals surface area contributed by atoms with Gasteiger partial charge in [-0.05, 0) is 38.4 Å². The van der Waals surface area contributed by atoms with E-state index in [0.717, 1.165) is 23.8 Å². The van der Waals surface area contributed by atoms with Gasteiger partial charge in [-0.3, -0.25) is 4.90 Å². The van der Waals surface area contributed by atoms with E-state index >= 15 is 0 Å². The van der Waals surface area contributed by atoms with Gasteiger partial charge in [-0.2, -0.15) is 0 Å². The number of thiophene rings is 1. The fourth-order valence-electron chi connectivity index (χ4n) is 2.40. The summed E-state index contributed by atoms with van der Waals surface area (Å²) in [6.07, 6.45) is 3.34. The summed E-state index contributed by atoms with van der Waals surface area (Å²) in [6.45, 7) is 3.91. The molecular formula is C12H18ClNOS. The van der Waals surface area contributed by atoms with Crippen molar-refractivity contribution in [2.24, 2.45) is 0 Å². The van der Waals surface area contributed by atoms with E-state index in [4.69, 9.17) is 11.6 Å². The fourth-order valence-corrected chi connectivity index (χ4v) is 3.51. The number of likely N-dealkylation sites (tertiary alicyclic amines) is 1. The number of aliphatic hydroxyl groups is 1. The van der Waals surface area contributed by atoms with Gasteiger partial charge in [0, 0.05) is 17.5 Å². The van der Waals surface area contributed by atoms with Crippen LogP contribution in [0.25, 0.3) is 0 Å². The average molecular weight is 260 g/mol. The molecule has 0 spiro atoms. The molecule has 1 aromatic heterocycles. The zero-order valence-corrected chi connectivity index (χ0v) is 11.1. The molecule has 16 heavy (non-hydrogen) atoms. The Balaban J connectivity index is 2.01. The molecule has 0 aromatic carbocycles.